The Morgan fingerprint density at radius 2 is 1.84 bits per heavy atom. The number of amides is 2. The molecule has 0 N–H and O–H groups in total. The molecule has 2 heterocycles. The molecular formula is C26H21ClN2O2S. The van der Waals surface area contributed by atoms with Crippen molar-refractivity contribution >= 4 is 46.9 Å². The van der Waals surface area contributed by atoms with Gasteiger partial charge in [0.25, 0.3) is 11.8 Å². The third kappa shape index (κ3) is 3.94. The van der Waals surface area contributed by atoms with Gasteiger partial charge in [-0.25, -0.2) is 0 Å². The van der Waals surface area contributed by atoms with Crippen LogP contribution in [-0.2, 0) is 17.8 Å². The highest BCUT2D eigenvalue weighted by Crippen LogP contribution is 2.42. The number of rotatable bonds is 2. The van der Waals surface area contributed by atoms with Gasteiger partial charge in [0.15, 0.2) is 0 Å². The average Bonchev–Trinajstić information content (AvgIpc) is 2.81. The fourth-order valence-electron chi connectivity index (χ4n) is 4.13. The summed E-state index contributed by atoms with van der Waals surface area (Å²) in [6.07, 6.45) is 2.71. The summed E-state index contributed by atoms with van der Waals surface area (Å²) in [6.45, 7) is 1.31. The van der Waals surface area contributed by atoms with Crippen LogP contribution in [0.3, 0.4) is 0 Å². The first-order valence-corrected chi connectivity index (χ1v) is 11.6. The van der Waals surface area contributed by atoms with Gasteiger partial charge in [-0.2, -0.15) is 0 Å². The van der Waals surface area contributed by atoms with Crippen LogP contribution in [0, 0.1) is 0 Å². The van der Waals surface area contributed by atoms with Crippen LogP contribution < -0.4 is 4.90 Å². The molecule has 32 heavy (non-hydrogen) atoms. The fourth-order valence-corrected chi connectivity index (χ4v) is 5.42. The molecule has 0 fully saturated rings. The zero-order chi connectivity index (χ0) is 22.2. The lowest BCUT2D eigenvalue weighted by atomic mass is 9.99. The first kappa shape index (κ1) is 20.9. The maximum absolute atomic E-state index is 13.2. The highest BCUT2D eigenvalue weighted by Gasteiger charge is 2.29. The molecule has 0 unspecified atom stereocenters. The van der Waals surface area contributed by atoms with Crippen LogP contribution >= 0.6 is 23.4 Å². The van der Waals surface area contributed by atoms with Crippen molar-refractivity contribution in [1.29, 1.82) is 0 Å². The number of carbonyl (C=O) groups is 2. The zero-order valence-corrected chi connectivity index (χ0v) is 19.1. The molecule has 0 saturated heterocycles. The zero-order valence-electron chi connectivity index (χ0n) is 17.5. The normalized spacial score (nSPS) is 16.7. The number of hydrogen-bond donors (Lipinski definition) is 0. The predicted molar refractivity (Wildman–Crippen MR) is 130 cm³/mol. The monoisotopic (exact) mass is 460 g/mol. The topological polar surface area (TPSA) is 40.6 Å². The summed E-state index contributed by atoms with van der Waals surface area (Å²) in [5.41, 5.74) is 4.74. The van der Waals surface area contributed by atoms with Gasteiger partial charge in [-0.15, -0.1) is 0 Å². The van der Waals surface area contributed by atoms with E-state index in [1.54, 1.807) is 18.0 Å². The Labute approximate surface area is 196 Å². The Bertz CT molecular complexity index is 1270. The third-order valence-electron chi connectivity index (χ3n) is 5.87. The van der Waals surface area contributed by atoms with Crippen molar-refractivity contribution < 1.29 is 9.59 Å². The number of thioether (sulfide) groups is 1. The van der Waals surface area contributed by atoms with Gasteiger partial charge in [0.1, 0.15) is 0 Å². The van der Waals surface area contributed by atoms with Crippen molar-refractivity contribution in [1.82, 2.24) is 4.90 Å². The van der Waals surface area contributed by atoms with Gasteiger partial charge < -0.3 is 9.80 Å². The van der Waals surface area contributed by atoms with Crippen LogP contribution in [0.1, 0.15) is 27.0 Å². The molecule has 5 rings (SSSR count). The van der Waals surface area contributed by atoms with E-state index in [0.717, 1.165) is 22.6 Å². The Morgan fingerprint density at radius 3 is 2.66 bits per heavy atom. The number of nitrogens with zero attached hydrogens (tertiary/aromatic N) is 2. The second kappa shape index (κ2) is 8.49. The number of fused-ring (bicyclic) bond motifs is 2. The summed E-state index contributed by atoms with van der Waals surface area (Å²) in [5.74, 6) is -0.104. The molecular weight excluding hydrogens is 440 g/mol. The molecule has 0 aromatic heterocycles. The Kier molecular flexibility index (Phi) is 5.53. The van der Waals surface area contributed by atoms with E-state index >= 15 is 0 Å². The lowest BCUT2D eigenvalue weighted by molar-refractivity contribution is -0.114. The van der Waals surface area contributed by atoms with Crippen LogP contribution in [0.5, 0.6) is 0 Å². The molecule has 0 bridgehead atoms. The molecule has 2 aliphatic rings. The number of anilines is 1. The molecule has 4 nitrogen and oxygen atoms in total. The Morgan fingerprint density at radius 1 is 1.03 bits per heavy atom. The first-order valence-electron chi connectivity index (χ1n) is 10.4. The summed E-state index contributed by atoms with van der Waals surface area (Å²) in [7, 11) is 1.75. The van der Waals surface area contributed by atoms with Crippen LogP contribution in [0.4, 0.5) is 5.69 Å². The van der Waals surface area contributed by atoms with Crippen LogP contribution in [-0.4, -0.2) is 30.3 Å². The van der Waals surface area contributed by atoms with Gasteiger partial charge in [-0.05, 0) is 59.5 Å². The van der Waals surface area contributed by atoms with Gasteiger partial charge >= 0.3 is 0 Å². The summed E-state index contributed by atoms with van der Waals surface area (Å²) < 4.78 is 0. The number of likely N-dealkylation sites (N-methyl/N-ethyl adjacent to an activating group) is 1. The maximum atomic E-state index is 13.2. The molecule has 2 amide bonds. The minimum atomic E-state index is -0.0982. The molecule has 0 spiro atoms. The molecule has 0 saturated carbocycles. The highest BCUT2D eigenvalue weighted by molar-refractivity contribution is 8.04. The van der Waals surface area contributed by atoms with Gasteiger partial charge in [-0.3, -0.25) is 9.59 Å². The molecule has 3 aromatic carbocycles. The number of hydrogen-bond acceptors (Lipinski definition) is 3. The second-order valence-electron chi connectivity index (χ2n) is 7.96. The van der Waals surface area contributed by atoms with Gasteiger partial charge in [-0.1, -0.05) is 59.8 Å². The molecule has 0 aliphatic carbocycles. The van der Waals surface area contributed by atoms with Gasteiger partial charge in [0, 0.05) is 35.6 Å². The van der Waals surface area contributed by atoms with Crippen molar-refractivity contribution in [2.75, 3.05) is 18.5 Å². The molecule has 2 aliphatic heterocycles. The predicted octanol–water partition coefficient (Wildman–Crippen LogP) is 5.65. The summed E-state index contributed by atoms with van der Waals surface area (Å²) in [6, 6.07) is 21.3. The minimum absolute atomic E-state index is 0.00609. The van der Waals surface area contributed by atoms with E-state index in [4.69, 9.17) is 11.6 Å². The lowest BCUT2D eigenvalue weighted by Crippen LogP contribution is -2.36. The van der Waals surface area contributed by atoms with Crippen molar-refractivity contribution in [3.63, 3.8) is 0 Å². The number of carbonyl (C=O) groups excluding carboxylic acids is 2. The van der Waals surface area contributed by atoms with E-state index in [-0.39, 0.29) is 11.8 Å². The van der Waals surface area contributed by atoms with E-state index in [1.165, 1.54) is 22.9 Å². The van der Waals surface area contributed by atoms with Gasteiger partial charge in [0.05, 0.1) is 10.6 Å². The van der Waals surface area contributed by atoms with Crippen molar-refractivity contribution in [2.24, 2.45) is 0 Å². The van der Waals surface area contributed by atoms with E-state index < -0.39 is 0 Å². The Hall–Kier alpha value is -3.02. The summed E-state index contributed by atoms with van der Waals surface area (Å²) >= 11 is 7.50. The summed E-state index contributed by atoms with van der Waals surface area (Å²) in [4.78, 5) is 31.3. The van der Waals surface area contributed by atoms with Crippen LogP contribution in [0.15, 0.2) is 76.5 Å². The number of benzene rings is 3. The number of halogens is 1. The quantitative estimate of drug-likeness (QED) is 0.464. The lowest BCUT2D eigenvalue weighted by Gasteiger charge is -2.30. The molecule has 0 radical (unpaired) electrons. The molecule has 0 atom stereocenters. The van der Waals surface area contributed by atoms with E-state index in [2.05, 4.69) is 12.1 Å². The molecule has 6 heteroatoms. The molecule has 160 valence electrons. The Balaban J connectivity index is 1.41. The van der Waals surface area contributed by atoms with Gasteiger partial charge in [0.2, 0.25) is 0 Å². The maximum Gasteiger partial charge on any atom is 0.264 e. The average molecular weight is 461 g/mol. The first-order chi connectivity index (χ1) is 15.5. The van der Waals surface area contributed by atoms with E-state index in [1.807, 2.05) is 59.5 Å². The highest BCUT2D eigenvalue weighted by atomic mass is 35.5. The molecule has 3 aromatic rings. The SMILES string of the molecule is CN1C(=O)/C(=C/c2cccc(Cl)c2)Sc2ccc(C(=O)N3CCc4ccccc4C3)cc21. The van der Waals surface area contributed by atoms with E-state index in [9.17, 15) is 9.59 Å². The summed E-state index contributed by atoms with van der Waals surface area (Å²) in [5, 5.41) is 0.629. The van der Waals surface area contributed by atoms with Crippen LogP contribution in [0.2, 0.25) is 5.02 Å². The standard InChI is InChI=1S/C26H21ClN2O2S/c1-28-22-15-19(25(30)29-12-11-18-6-2-3-7-20(18)16-29)9-10-23(22)32-24(26(28)31)14-17-5-4-8-21(27)13-17/h2-10,13-15H,11-12,16H2,1H3/b24-14-. The minimum Gasteiger partial charge on any atom is -0.334 e. The van der Waals surface area contributed by atoms with Crippen molar-refractivity contribution in [3.8, 4) is 0 Å². The van der Waals surface area contributed by atoms with Crippen molar-refractivity contribution in [3.05, 3.63) is 98.9 Å². The van der Waals surface area contributed by atoms with Crippen LogP contribution in [0.25, 0.3) is 6.08 Å². The third-order valence-corrected chi connectivity index (χ3v) is 7.18. The van der Waals surface area contributed by atoms with E-state index in [0.29, 0.717) is 28.6 Å². The smallest absolute Gasteiger partial charge is 0.264 e. The second-order valence-corrected chi connectivity index (χ2v) is 9.48. The largest absolute Gasteiger partial charge is 0.334 e. The fraction of sp³-hybridized carbons (Fsp3) is 0.154. The van der Waals surface area contributed by atoms with Crippen molar-refractivity contribution in [2.45, 2.75) is 17.9 Å².